The van der Waals surface area contributed by atoms with Crippen molar-refractivity contribution in [2.24, 2.45) is 5.73 Å². The SMILES string of the molecule is C.N[C@@H]1CCCNC1. The van der Waals surface area contributed by atoms with Gasteiger partial charge in [0.25, 0.3) is 0 Å². The molecule has 1 aliphatic rings. The smallest absolute Gasteiger partial charge is 0.0165 e. The molecule has 1 heterocycles. The van der Waals surface area contributed by atoms with E-state index >= 15 is 0 Å². The molecule has 1 atom stereocenters. The Kier molecular flexibility index (Phi) is 3.83. The van der Waals surface area contributed by atoms with Crippen LogP contribution in [-0.2, 0) is 0 Å². The Morgan fingerprint density at radius 1 is 1.50 bits per heavy atom. The third-order valence-corrected chi connectivity index (χ3v) is 1.33. The van der Waals surface area contributed by atoms with E-state index in [1.54, 1.807) is 0 Å². The first-order valence-electron chi connectivity index (χ1n) is 2.86. The first-order chi connectivity index (χ1) is 3.39. The molecule has 8 heavy (non-hydrogen) atoms. The van der Waals surface area contributed by atoms with Gasteiger partial charge in [-0.25, -0.2) is 0 Å². The topological polar surface area (TPSA) is 38.0 Å². The highest BCUT2D eigenvalue weighted by Gasteiger charge is 2.05. The second kappa shape index (κ2) is 3.87. The molecule has 0 amide bonds. The summed E-state index contributed by atoms with van der Waals surface area (Å²) >= 11 is 0. The number of rotatable bonds is 0. The van der Waals surface area contributed by atoms with Gasteiger partial charge < -0.3 is 11.1 Å². The van der Waals surface area contributed by atoms with Crippen molar-refractivity contribution in [3.05, 3.63) is 0 Å². The van der Waals surface area contributed by atoms with Gasteiger partial charge in [0, 0.05) is 12.6 Å². The molecule has 1 saturated heterocycles. The van der Waals surface area contributed by atoms with Gasteiger partial charge in [0.15, 0.2) is 0 Å². The van der Waals surface area contributed by atoms with Crippen LogP contribution in [0.4, 0.5) is 0 Å². The first-order valence-corrected chi connectivity index (χ1v) is 2.86. The highest BCUT2D eigenvalue weighted by atomic mass is 14.9. The van der Waals surface area contributed by atoms with E-state index in [2.05, 4.69) is 5.32 Å². The summed E-state index contributed by atoms with van der Waals surface area (Å²) in [6, 6.07) is 0.425. The minimum Gasteiger partial charge on any atom is -0.327 e. The summed E-state index contributed by atoms with van der Waals surface area (Å²) in [6.45, 7) is 2.17. The molecule has 0 aromatic rings. The predicted octanol–water partition coefficient (Wildman–Crippen LogP) is 0.333. The lowest BCUT2D eigenvalue weighted by atomic mass is 10.1. The Balaban J connectivity index is 0.000000490. The summed E-state index contributed by atoms with van der Waals surface area (Å²) in [4.78, 5) is 0. The van der Waals surface area contributed by atoms with Crippen LogP contribution in [0.5, 0.6) is 0 Å². The van der Waals surface area contributed by atoms with E-state index in [1.807, 2.05) is 0 Å². The zero-order chi connectivity index (χ0) is 5.11. The van der Waals surface area contributed by atoms with Crippen molar-refractivity contribution in [1.29, 1.82) is 0 Å². The lowest BCUT2D eigenvalue weighted by Crippen LogP contribution is -2.39. The van der Waals surface area contributed by atoms with Gasteiger partial charge in [-0.2, -0.15) is 0 Å². The van der Waals surface area contributed by atoms with Gasteiger partial charge in [-0.15, -0.1) is 0 Å². The summed E-state index contributed by atoms with van der Waals surface area (Å²) in [5, 5.41) is 3.21. The fourth-order valence-electron chi connectivity index (χ4n) is 0.879. The molecule has 1 fully saturated rings. The minimum atomic E-state index is 0. The molecule has 1 aliphatic heterocycles. The number of nitrogens with one attached hydrogen (secondary N) is 1. The van der Waals surface area contributed by atoms with Crippen LogP contribution in [0.1, 0.15) is 20.3 Å². The quantitative estimate of drug-likeness (QED) is 0.479. The lowest BCUT2D eigenvalue weighted by Gasteiger charge is -2.17. The number of hydrogen-bond acceptors (Lipinski definition) is 2. The number of piperidine rings is 1. The van der Waals surface area contributed by atoms with Gasteiger partial charge in [-0.05, 0) is 19.4 Å². The first kappa shape index (κ1) is 7.92. The normalized spacial score (nSPS) is 28.9. The molecule has 0 unspecified atom stereocenters. The van der Waals surface area contributed by atoms with Crippen LogP contribution in [-0.4, -0.2) is 19.1 Å². The molecule has 0 radical (unpaired) electrons. The minimum absolute atomic E-state index is 0. The van der Waals surface area contributed by atoms with E-state index in [0.29, 0.717) is 6.04 Å². The molecule has 1 rings (SSSR count). The van der Waals surface area contributed by atoms with Gasteiger partial charge in [-0.1, -0.05) is 7.43 Å². The van der Waals surface area contributed by atoms with Crippen molar-refractivity contribution in [2.45, 2.75) is 26.3 Å². The van der Waals surface area contributed by atoms with Gasteiger partial charge in [0.05, 0.1) is 0 Å². The van der Waals surface area contributed by atoms with Crippen molar-refractivity contribution >= 4 is 0 Å². The van der Waals surface area contributed by atoms with Crippen LogP contribution in [0.3, 0.4) is 0 Å². The van der Waals surface area contributed by atoms with E-state index in [9.17, 15) is 0 Å². The van der Waals surface area contributed by atoms with Crippen molar-refractivity contribution in [3.8, 4) is 0 Å². The summed E-state index contributed by atoms with van der Waals surface area (Å²) in [5.74, 6) is 0. The molecule has 50 valence electrons. The highest BCUT2D eigenvalue weighted by molar-refractivity contribution is 4.69. The van der Waals surface area contributed by atoms with Crippen LogP contribution in [0, 0.1) is 0 Å². The van der Waals surface area contributed by atoms with Crippen LogP contribution >= 0.6 is 0 Å². The fraction of sp³-hybridized carbons (Fsp3) is 1.00. The van der Waals surface area contributed by atoms with Gasteiger partial charge in [0.1, 0.15) is 0 Å². The van der Waals surface area contributed by atoms with E-state index in [1.165, 1.54) is 12.8 Å². The number of hydrogen-bond donors (Lipinski definition) is 2. The molecular formula is C6H16N2. The van der Waals surface area contributed by atoms with Crippen molar-refractivity contribution in [3.63, 3.8) is 0 Å². The average molecular weight is 116 g/mol. The standard InChI is InChI=1S/C5H12N2.CH4/c6-5-2-1-3-7-4-5;/h5,7H,1-4,6H2;1H4/t5-;/m1./s1. The lowest BCUT2D eigenvalue weighted by molar-refractivity contribution is 0.459. The molecule has 0 aliphatic carbocycles. The van der Waals surface area contributed by atoms with Gasteiger partial charge in [0.2, 0.25) is 0 Å². The largest absolute Gasteiger partial charge is 0.327 e. The van der Waals surface area contributed by atoms with Gasteiger partial charge >= 0.3 is 0 Å². The summed E-state index contributed by atoms with van der Waals surface area (Å²) in [6.07, 6.45) is 2.45. The second-order valence-corrected chi connectivity index (χ2v) is 2.11. The van der Waals surface area contributed by atoms with Gasteiger partial charge in [-0.3, -0.25) is 0 Å². The van der Waals surface area contributed by atoms with Crippen molar-refractivity contribution < 1.29 is 0 Å². The van der Waals surface area contributed by atoms with Crippen molar-refractivity contribution in [1.82, 2.24) is 5.32 Å². The van der Waals surface area contributed by atoms with E-state index in [-0.39, 0.29) is 7.43 Å². The average Bonchev–Trinajstić information content (AvgIpc) is 1.69. The predicted molar refractivity (Wildman–Crippen MR) is 36.8 cm³/mol. The highest BCUT2D eigenvalue weighted by Crippen LogP contribution is 1.96. The van der Waals surface area contributed by atoms with E-state index < -0.39 is 0 Å². The molecule has 3 N–H and O–H groups in total. The molecule has 0 aromatic carbocycles. The Morgan fingerprint density at radius 3 is 2.50 bits per heavy atom. The monoisotopic (exact) mass is 116 g/mol. The molecule has 0 bridgehead atoms. The maximum absolute atomic E-state index is 5.57. The maximum atomic E-state index is 5.57. The third kappa shape index (κ3) is 2.28. The van der Waals surface area contributed by atoms with Crippen molar-refractivity contribution in [2.75, 3.05) is 13.1 Å². The Labute approximate surface area is 51.5 Å². The molecule has 2 nitrogen and oxygen atoms in total. The molecule has 2 heteroatoms. The zero-order valence-electron chi connectivity index (χ0n) is 4.48. The van der Waals surface area contributed by atoms with E-state index in [4.69, 9.17) is 5.73 Å². The van der Waals surface area contributed by atoms with Crippen LogP contribution in [0.25, 0.3) is 0 Å². The van der Waals surface area contributed by atoms with Crippen LogP contribution in [0.2, 0.25) is 0 Å². The molecule has 0 aromatic heterocycles. The second-order valence-electron chi connectivity index (χ2n) is 2.11. The summed E-state index contributed by atoms with van der Waals surface area (Å²) in [5.41, 5.74) is 5.57. The Hall–Kier alpha value is -0.0800. The summed E-state index contributed by atoms with van der Waals surface area (Å²) in [7, 11) is 0. The Morgan fingerprint density at radius 2 is 2.25 bits per heavy atom. The maximum Gasteiger partial charge on any atom is 0.0165 e. The Bertz CT molecular complexity index is 48.5. The summed E-state index contributed by atoms with van der Waals surface area (Å²) < 4.78 is 0. The number of nitrogens with two attached hydrogens (primary N) is 1. The van der Waals surface area contributed by atoms with Crippen LogP contribution in [0.15, 0.2) is 0 Å². The molecule has 0 saturated carbocycles. The van der Waals surface area contributed by atoms with E-state index in [0.717, 1.165) is 13.1 Å². The van der Waals surface area contributed by atoms with Crippen LogP contribution < -0.4 is 11.1 Å². The fourth-order valence-corrected chi connectivity index (χ4v) is 0.879. The zero-order valence-corrected chi connectivity index (χ0v) is 4.48. The molecular weight excluding hydrogens is 100 g/mol. The third-order valence-electron chi connectivity index (χ3n) is 1.33. The molecule has 0 spiro atoms.